The van der Waals surface area contributed by atoms with Crippen molar-refractivity contribution in [3.63, 3.8) is 0 Å². The van der Waals surface area contributed by atoms with E-state index in [1.165, 1.54) is 0 Å². The number of aromatic hydroxyl groups is 1. The number of carbonyl (C=O) groups is 1. The van der Waals surface area contributed by atoms with Crippen LogP contribution in [0.2, 0.25) is 5.02 Å². The number of halogens is 2. The fraction of sp³-hybridized carbons (Fsp3) is 0.409. The molecule has 2 aromatic rings. The highest BCUT2D eigenvalue weighted by Crippen LogP contribution is 2.34. The molecule has 0 bridgehead atoms. The lowest BCUT2D eigenvalue weighted by Gasteiger charge is -2.25. The van der Waals surface area contributed by atoms with E-state index in [1.54, 1.807) is 12.1 Å². The second kappa shape index (κ2) is 9.29. The number of ether oxygens (including phenoxy) is 2. The Hall–Kier alpha value is -1.56. The highest BCUT2D eigenvalue weighted by Gasteiger charge is 2.22. The van der Waals surface area contributed by atoms with Gasteiger partial charge in [0.1, 0.15) is 18.1 Å². The van der Waals surface area contributed by atoms with Gasteiger partial charge in [0.25, 0.3) is 0 Å². The summed E-state index contributed by atoms with van der Waals surface area (Å²) in [6.07, 6.45) is 1.12. The van der Waals surface area contributed by atoms with Gasteiger partial charge in [0, 0.05) is 28.3 Å². The average molecular weight is 468 g/mol. The van der Waals surface area contributed by atoms with Crippen molar-refractivity contribution in [2.24, 2.45) is 5.92 Å². The number of ketones is 1. The maximum atomic E-state index is 12.0. The number of phenols is 1. The van der Waals surface area contributed by atoms with E-state index in [1.807, 2.05) is 32.0 Å². The predicted molar refractivity (Wildman–Crippen MR) is 114 cm³/mol. The Bertz CT molecular complexity index is 839. The third-order valence-electron chi connectivity index (χ3n) is 4.83. The minimum absolute atomic E-state index is 0.0360. The zero-order valence-electron chi connectivity index (χ0n) is 16.0. The molecule has 1 saturated heterocycles. The van der Waals surface area contributed by atoms with Crippen LogP contribution in [0.15, 0.2) is 34.8 Å². The van der Waals surface area contributed by atoms with Crippen LogP contribution in [0.5, 0.6) is 11.5 Å². The summed E-state index contributed by atoms with van der Waals surface area (Å²) in [5.41, 5.74) is 2.92. The van der Waals surface area contributed by atoms with E-state index in [2.05, 4.69) is 15.9 Å². The highest BCUT2D eigenvalue weighted by molar-refractivity contribution is 9.10. The van der Waals surface area contributed by atoms with Crippen molar-refractivity contribution in [3.05, 3.63) is 56.5 Å². The first-order valence-electron chi connectivity index (χ1n) is 9.35. The fourth-order valence-electron chi connectivity index (χ4n) is 3.16. The summed E-state index contributed by atoms with van der Waals surface area (Å²) in [5.74, 6) is 1.50. The van der Waals surface area contributed by atoms with Crippen molar-refractivity contribution in [3.8, 4) is 11.5 Å². The summed E-state index contributed by atoms with van der Waals surface area (Å²) in [4.78, 5) is 12.0. The maximum absolute atomic E-state index is 12.0. The zero-order chi connectivity index (χ0) is 20.3. The minimum Gasteiger partial charge on any atom is -0.508 e. The smallest absolute Gasteiger partial charge is 0.170 e. The molecule has 1 aliphatic rings. The van der Waals surface area contributed by atoms with Gasteiger partial charge in [-0.05, 0) is 40.8 Å². The van der Waals surface area contributed by atoms with E-state index in [-0.39, 0.29) is 18.3 Å². The Morgan fingerprint density at radius 2 is 2.07 bits per heavy atom. The van der Waals surface area contributed by atoms with Crippen LogP contribution in [-0.2, 0) is 16.0 Å². The summed E-state index contributed by atoms with van der Waals surface area (Å²) < 4.78 is 11.5. The molecule has 4 nitrogen and oxygen atoms in total. The summed E-state index contributed by atoms with van der Waals surface area (Å²) in [6.45, 7) is 5.45. The molecule has 0 aromatic heterocycles. The lowest BCUT2D eigenvalue weighted by atomic mass is 9.96. The van der Waals surface area contributed by atoms with Crippen LogP contribution in [0.4, 0.5) is 0 Å². The first kappa shape index (κ1) is 21.2. The fourth-order valence-corrected chi connectivity index (χ4v) is 4.13. The Balaban J connectivity index is 1.68. The molecule has 1 fully saturated rings. The van der Waals surface area contributed by atoms with Gasteiger partial charge in [-0.3, -0.25) is 4.79 Å². The van der Waals surface area contributed by atoms with Gasteiger partial charge in [0.15, 0.2) is 5.78 Å². The molecule has 28 heavy (non-hydrogen) atoms. The number of carbonyl (C=O) groups excluding carboxylic acids is 1. The second-order valence-electron chi connectivity index (χ2n) is 7.53. The van der Waals surface area contributed by atoms with Crippen LogP contribution in [0, 0.1) is 5.92 Å². The number of Topliss-reactive ketones (excluding diaryl/α,β-unsaturated/α-hetero) is 1. The van der Waals surface area contributed by atoms with Crippen molar-refractivity contribution >= 4 is 33.3 Å². The van der Waals surface area contributed by atoms with Gasteiger partial charge < -0.3 is 14.6 Å². The van der Waals surface area contributed by atoms with Crippen molar-refractivity contribution in [1.82, 2.24) is 0 Å². The monoisotopic (exact) mass is 466 g/mol. The lowest BCUT2D eigenvalue weighted by Crippen LogP contribution is -2.31. The first-order chi connectivity index (χ1) is 13.3. The largest absolute Gasteiger partial charge is 0.508 e. The highest BCUT2D eigenvalue weighted by atomic mass is 79.9. The molecule has 1 aliphatic heterocycles. The summed E-state index contributed by atoms with van der Waals surface area (Å²) in [7, 11) is 0. The van der Waals surface area contributed by atoms with Crippen LogP contribution in [0.25, 0.3) is 0 Å². The Morgan fingerprint density at radius 3 is 2.68 bits per heavy atom. The summed E-state index contributed by atoms with van der Waals surface area (Å²) in [6, 6.07) is 9.21. The van der Waals surface area contributed by atoms with Gasteiger partial charge in [-0.2, -0.15) is 0 Å². The average Bonchev–Trinajstić information content (AvgIpc) is 2.60. The molecule has 0 saturated carbocycles. The van der Waals surface area contributed by atoms with E-state index in [0.29, 0.717) is 48.5 Å². The normalized spacial score (nSPS) is 14.2. The van der Waals surface area contributed by atoms with Crippen molar-refractivity contribution in [2.75, 3.05) is 19.8 Å². The number of benzene rings is 2. The van der Waals surface area contributed by atoms with Crippen LogP contribution in [0.3, 0.4) is 0 Å². The predicted octanol–water partition coefficient (Wildman–Crippen LogP) is 5.51. The van der Waals surface area contributed by atoms with Gasteiger partial charge in [-0.15, -0.1) is 0 Å². The zero-order valence-corrected chi connectivity index (χ0v) is 18.3. The van der Waals surface area contributed by atoms with Gasteiger partial charge >= 0.3 is 0 Å². The van der Waals surface area contributed by atoms with E-state index in [9.17, 15) is 9.90 Å². The standard InChI is InChI=1S/C22H24BrClO4/c1-13(2)18-6-14(3-4-22(18)26)7-19-20(23)8-17(9-21(19)24)28-12-16(25)5-15-10-27-11-15/h3-4,6,8-9,13,15,26H,5,7,10-12H2,1-2H3. The molecule has 0 spiro atoms. The molecule has 6 heteroatoms. The molecule has 1 heterocycles. The van der Waals surface area contributed by atoms with Crippen molar-refractivity contribution < 1.29 is 19.4 Å². The summed E-state index contributed by atoms with van der Waals surface area (Å²) >= 11 is 10.1. The second-order valence-corrected chi connectivity index (χ2v) is 8.79. The summed E-state index contributed by atoms with van der Waals surface area (Å²) in [5, 5.41) is 10.6. The van der Waals surface area contributed by atoms with Crippen molar-refractivity contribution in [1.29, 1.82) is 0 Å². The van der Waals surface area contributed by atoms with E-state index in [4.69, 9.17) is 21.1 Å². The van der Waals surface area contributed by atoms with Crippen LogP contribution < -0.4 is 4.74 Å². The molecule has 0 aliphatic carbocycles. The first-order valence-corrected chi connectivity index (χ1v) is 10.5. The quantitative estimate of drug-likeness (QED) is 0.556. The molecule has 1 N–H and O–H groups in total. The topological polar surface area (TPSA) is 55.8 Å². The van der Waals surface area contributed by atoms with Gasteiger partial charge in [0.2, 0.25) is 0 Å². The Morgan fingerprint density at radius 1 is 1.32 bits per heavy atom. The lowest BCUT2D eigenvalue weighted by molar-refractivity contribution is -0.126. The number of hydrogen-bond donors (Lipinski definition) is 1. The van der Waals surface area contributed by atoms with Gasteiger partial charge in [0.05, 0.1) is 13.2 Å². The molecule has 0 unspecified atom stereocenters. The molecule has 2 aromatic carbocycles. The number of phenolic OH excluding ortho intramolecular Hbond substituents is 1. The van der Waals surface area contributed by atoms with E-state index < -0.39 is 0 Å². The molecular formula is C22H24BrClO4. The van der Waals surface area contributed by atoms with E-state index >= 15 is 0 Å². The molecular weight excluding hydrogens is 444 g/mol. The van der Waals surface area contributed by atoms with Gasteiger partial charge in [-0.1, -0.05) is 53.5 Å². The maximum Gasteiger partial charge on any atom is 0.170 e. The number of hydrogen-bond acceptors (Lipinski definition) is 4. The molecule has 150 valence electrons. The van der Waals surface area contributed by atoms with Crippen LogP contribution in [0.1, 0.15) is 42.9 Å². The SMILES string of the molecule is CC(C)c1cc(Cc2c(Cl)cc(OCC(=O)CC3COC3)cc2Br)ccc1O. The van der Waals surface area contributed by atoms with E-state index in [0.717, 1.165) is 21.2 Å². The third kappa shape index (κ3) is 5.28. The molecule has 0 radical (unpaired) electrons. The Labute approximate surface area is 178 Å². The Kier molecular flexibility index (Phi) is 7.02. The van der Waals surface area contributed by atoms with Crippen LogP contribution in [-0.4, -0.2) is 30.7 Å². The molecule has 3 rings (SSSR count). The van der Waals surface area contributed by atoms with Crippen LogP contribution >= 0.6 is 27.5 Å². The number of rotatable bonds is 8. The van der Waals surface area contributed by atoms with Crippen molar-refractivity contribution in [2.45, 2.75) is 32.6 Å². The molecule has 0 atom stereocenters. The molecule has 0 amide bonds. The van der Waals surface area contributed by atoms with Gasteiger partial charge in [-0.25, -0.2) is 0 Å². The minimum atomic E-state index is 0.0360. The third-order valence-corrected chi connectivity index (χ3v) is 5.88.